The van der Waals surface area contributed by atoms with Crippen molar-refractivity contribution in [3.8, 4) is 5.75 Å². The number of methoxy groups -OCH3 is 1. The zero-order valence-corrected chi connectivity index (χ0v) is 10.6. The number of halogens is 2. The Labute approximate surface area is 106 Å². The summed E-state index contributed by atoms with van der Waals surface area (Å²) >= 11 is 6.17. The molecule has 0 radical (unpaired) electrons. The molecule has 0 unspecified atom stereocenters. The van der Waals surface area contributed by atoms with Crippen LogP contribution in [0.5, 0.6) is 5.75 Å². The molecule has 0 bridgehead atoms. The number of ether oxygens (including phenoxy) is 1. The van der Waals surface area contributed by atoms with Crippen LogP contribution in [0.15, 0.2) is 12.1 Å². The van der Waals surface area contributed by atoms with Gasteiger partial charge < -0.3 is 10.1 Å². The number of benzene rings is 1. The van der Waals surface area contributed by atoms with Gasteiger partial charge in [0, 0.05) is 38.8 Å². The Balaban J connectivity index is 2.16. The fourth-order valence-corrected chi connectivity index (χ4v) is 2.24. The molecule has 3 nitrogen and oxygen atoms in total. The first-order valence-corrected chi connectivity index (χ1v) is 6.03. The molecule has 1 fully saturated rings. The second-order valence-electron chi connectivity index (χ2n) is 4.11. The van der Waals surface area contributed by atoms with Crippen molar-refractivity contribution < 1.29 is 9.13 Å². The lowest BCUT2D eigenvalue weighted by Gasteiger charge is -2.27. The van der Waals surface area contributed by atoms with E-state index < -0.39 is 0 Å². The minimum atomic E-state index is -0.309. The van der Waals surface area contributed by atoms with Crippen molar-refractivity contribution in [2.24, 2.45) is 0 Å². The van der Waals surface area contributed by atoms with Gasteiger partial charge >= 0.3 is 0 Å². The van der Waals surface area contributed by atoms with Crippen molar-refractivity contribution in [3.05, 3.63) is 28.5 Å². The van der Waals surface area contributed by atoms with E-state index in [1.807, 2.05) is 0 Å². The molecule has 17 heavy (non-hydrogen) atoms. The summed E-state index contributed by atoms with van der Waals surface area (Å²) in [5.41, 5.74) is 0.783. The van der Waals surface area contributed by atoms with E-state index in [9.17, 15) is 4.39 Å². The molecular weight excluding hydrogens is 243 g/mol. The van der Waals surface area contributed by atoms with Gasteiger partial charge in [0.2, 0.25) is 0 Å². The van der Waals surface area contributed by atoms with Crippen LogP contribution in [0.1, 0.15) is 5.56 Å². The van der Waals surface area contributed by atoms with E-state index in [0.29, 0.717) is 17.3 Å². The number of nitrogens with one attached hydrogen (secondary N) is 1. The summed E-state index contributed by atoms with van der Waals surface area (Å²) < 4.78 is 18.4. The summed E-state index contributed by atoms with van der Waals surface area (Å²) in [5, 5.41) is 3.78. The Morgan fingerprint density at radius 3 is 2.76 bits per heavy atom. The molecule has 0 amide bonds. The molecule has 1 aliphatic rings. The van der Waals surface area contributed by atoms with Crippen LogP contribution in [0.4, 0.5) is 4.39 Å². The van der Waals surface area contributed by atoms with E-state index in [1.165, 1.54) is 19.2 Å². The van der Waals surface area contributed by atoms with Crippen LogP contribution in [0.25, 0.3) is 0 Å². The van der Waals surface area contributed by atoms with E-state index >= 15 is 0 Å². The third-order valence-corrected chi connectivity index (χ3v) is 3.33. The average Bonchev–Trinajstić information content (AvgIpc) is 2.34. The zero-order chi connectivity index (χ0) is 12.3. The van der Waals surface area contributed by atoms with Gasteiger partial charge in [0.25, 0.3) is 0 Å². The van der Waals surface area contributed by atoms with Crippen molar-refractivity contribution in [1.82, 2.24) is 10.2 Å². The summed E-state index contributed by atoms with van der Waals surface area (Å²) in [5.74, 6) is 0.0909. The van der Waals surface area contributed by atoms with Crippen LogP contribution < -0.4 is 10.1 Å². The van der Waals surface area contributed by atoms with Gasteiger partial charge in [0.15, 0.2) is 0 Å². The van der Waals surface area contributed by atoms with Crippen LogP contribution in [0.2, 0.25) is 5.02 Å². The van der Waals surface area contributed by atoms with Crippen molar-refractivity contribution >= 4 is 11.6 Å². The first-order valence-electron chi connectivity index (χ1n) is 5.65. The molecule has 1 N–H and O–H groups in total. The molecule has 0 atom stereocenters. The highest BCUT2D eigenvalue weighted by molar-refractivity contribution is 6.32. The summed E-state index contributed by atoms with van der Waals surface area (Å²) in [4.78, 5) is 2.25. The Morgan fingerprint density at radius 1 is 1.41 bits per heavy atom. The predicted molar refractivity (Wildman–Crippen MR) is 66.1 cm³/mol. The van der Waals surface area contributed by atoms with E-state index in [1.54, 1.807) is 0 Å². The fraction of sp³-hybridized carbons (Fsp3) is 0.500. The van der Waals surface area contributed by atoms with E-state index in [4.69, 9.17) is 16.3 Å². The SMILES string of the molecule is COc1cc(F)cc(CN2CCNCC2)c1Cl. The molecule has 0 saturated carbocycles. The van der Waals surface area contributed by atoms with Gasteiger partial charge in [0.1, 0.15) is 11.6 Å². The number of piperazine rings is 1. The molecule has 0 spiro atoms. The summed E-state index contributed by atoms with van der Waals surface area (Å²) in [6, 6.07) is 2.79. The lowest BCUT2D eigenvalue weighted by Crippen LogP contribution is -2.42. The number of hydrogen-bond acceptors (Lipinski definition) is 3. The third kappa shape index (κ3) is 3.09. The monoisotopic (exact) mass is 258 g/mol. The molecule has 5 heteroatoms. The van der Waals surface area contributed by atoms with Crippen LogP contribution in [-0.4, -0.2) is 38.2 Å². The summed E-state index contributed by atoms with van der Waals surface area (Å²) in [6.07, 6.45) is 0. The Bertz CT molecular complexity index is 394. The molecule has 2 rings (SSSR count). The molecule has 0 aliphatic carbocycles. The molecule has 1 aliphatic heterocycles. The maximum atomic E-state index is 13.4. The van der Waals surface area contributed by atoms with Crippen molar-refractivity contribution in [2.45, 2.75) is 6.54 Å². The highest BCUT2D eigenvalue weighted by atomic mass is 35.5. The second kappa shape index (κ2) is 5.67. The molecule has 0 aromatic heterocycles. The lowest BCUT2D eigenvalue weighted by atomic mass is 10.1. The van der Waals surface area contributed by atoms with Crippen molar-refractivity contribution in [3.63, 3.8) is 0 Å². The number of rotatable bonds is 3. The van der Waals surface area contributed by atoms with Crippen molar-refractivity contribution in [1.29, 1.82) is 0 Å². The van der Waals surface area contributed by atoms with Crippen molar-refractivity contribution in [2.75, 3.05) is 33.3 Å². The van der Waals surface area contributed by atoms with Gasteiger partial charge in [-0.1, -0.05) is 11.6 Å². The van der Waals surface area contributed by atoms with E-state index in [0.717, 1.165) is 31.7 Å². The van der Waals surface area contributed by atoms with E-state index in [2.05, 4.69) is 10.2 Å². The molecule has 94 valence electrons. The Kier molecular flexibility index (Phi) is 4.20. The quantitative estimate of drug-likeness (QED) is 0.896. The average molecular weight is 259 g/mol. The maximum Gasteiger partial charge on any atom is 0.140 e. The first-order chi connectivity index (χ1) is 8.20. The highest BCUT2D eigenvalue weighted by Crippen LogP contribution is 2.30. The summed E-state index contributed by atoms with van der Waals surface area (Å²) in [7, 11) is 1.50. The fourth-order valence-electron chi connectivity index (χ4n) is 1.99. The third-order valence-electron chi connectivity index (χ3n) is 2.90. The zero-order valence-electron chi connectivity index (χ0n) is 9.80. The van der Waals surface area contributed by atoms with Crippen LogP contribution in [0, 0.1) is 5.82 Å². The van der Waals surface area contributed by atoms with Gasteiger partial charge in [0.05, 0.1) is 12.1 Å². The highest BCUT2D eigenvalue weighted by Gasteiger charge is 2.15. The minimum absolute atomic E-state index is 0.309. The predicted octanol–water partition coefficient (Wildman–Crippen LogP) is 1.89. The van der Waals surface area contributed by atoms with Gasteiger partial charge in [-0.25, -0.2) is 4.39 Å². The standard InChI is InChI=1S/C12H16ClFN2O/c1-17-11-7-10(14)6-9(12(11)13)8-16-4-2-15-3-5-16/h6-7,15H,2-5,8H2,1H3. The normalized spacial score (nSPS) is 17.1. The topological polar surface area (TPSA) is 24.5 Å². The van der Waals surface area contributed by atoms with Crippen LogP contribution in [0.3, 0.4) is 0 Å². The first kappa shape index (κ1) is 12.6. The Morgan fingerprint density at radius 2 is 2.12 bits per heavy atom. The van der Waals surface area contributed by atoms with Gasteiger partial charge in [-0.05, 0) is 11.6 Å². The van der Waals surface area contributed by atoms with Crippen LogP contribution >= 0.6 is 11.6 Å². The smallest absolute Gasteiger partial charge is 0.140 e. The minimum Gasteiger partial charge on any atom is -0.495 e. The number of hydrogen-bond donors (Lipinski definition) is 1. The largest absolute Gasteiger partial charge is 0.495 e. The molecule has 1 saturated heterocycles. The van der Waals surface area contributed by atoms with Gasteiger partial charge in [-0.3, -0.25) is 4.90 Å². The van der Waals surface area contributed by atoms with Gasteiger partial charge in [-0.2, -0.15) is 0 Å². The molecule has 1 heterocycles. The molecular formula is C12H16ClFN2O. The Hall–Kier alpha value is -0.840. The number of nitrogens with zero attached hydrogens (tertiary/aromatic N) is 1. The second-order valence-corrected chi connectivity index (χ2v) is 4.49. The maximum absolute atomic E-state index is 13.4. The molecule has 1 aromatic rings. The van der Waals surface area contributed by atoms with Gasteiger partial charge in [-0.15, -0.1) is 0 Å². The van der Waals surface area contributed by atoms with E-state index in [-0.39, 0.29) is 5.82 Å². The molecule has 1 aromatic carbocycles. The van der Waals surface area contributed by atoms with Crippen LogP contribution in [-0.2, 0) is 6.54 Å². The lowest BCUT2D eigenvalue weighted by molar-refractivity contribution is 0.232. The summed E-state index contributed by atoms with van der Waals surface area (Å²) in [6.45, 7) is 4.49.